The molecule has 0 aliphatic carbocycles. The van der Waals surface area contributed by atoms with Gasteiger partial charge < -0.3 is 15.3 Å². The fraction of sp³-hybridized carbons (Fsp3) is 0.917. The minimum atomic E-state index is -0.774. The number of nitrogens with one attached hydrogen (secondary N) is 1. The Hall–Kier alpha value is -0.650. The number of carbonyl (C=O) groups is 1. The van der Waals surface area contributed by atoms with Crippen molar-refractivity contribution in [3.8, 4) is 0 Å². The van der Waals surface area contributed by atoms with Crippen molar-refractivity contribution in [1.29, 1.82) is 0 Å². The molecule has 2 atom stereocenters. The second kappa shape index (κ2) is 8.44. The molecular weight excluding hydrogens is 218 g/mol. The van der Waals surface area contributed by atoms with Gasteiger partial charge in [-0.2, -0.15) is 0 Å². The summed E-state index contributed by atoms with van der Waals surface area (Å²) in [6, 6.07) is -0.00286. The zero-order chi connectivity index (χ0) is 13.4. The van der Waals surface area contributed by atoms with Crippen molar-refractivity contribution in [1.82, 2.24) is 15.1 Å². The van der Waals surface area contributed by atoms with Crippen molar-refractivity contribution in [2.45, 2.75) is 32.4 Å². The van der Waals surface area contributed by atoms with E-state index in [2.05, 4.69) is 43.1 Å². The molecule has 0 aromatic rings. The van der Waals surface area contributed by atoms with Crippen LogP contribution in [0.15, 0.2) is 0 Å². The molecule has 0 saturated heterocycles. The summed E-state index contributed by atoms with van der Waals surface area (Å²) in [5.41, 5.74) is 0. The van der Waals surface area contributed by atoms with Gasteiger partial charge in [0.1, 0.15) is 6.04 Å². The van der Waals surface area contributed by atoms with Gasteiger partial charge in [0.15, 0.2) is 0 Å². The normalized spacial score (nSPS) is 15.2. The van der Waals surface area contributed by atoms with E-state index >= 15 is 0 Å². The molecule has 102 valence electrons. The number of carboxylic acid groups (broad SMARTS) is 1. The van der Waals surface area contributed by atoms with E-state index in [1.807, 2.05) is 0 Å². The maximum atomic E-state index is 10.9. The SMILES string of the molecule is CCN(CCC(NC)C(=O)O)C(C)CN(C)C. The maximum Gasteiger partial charge on any atom is 0.320 e. The van der Waals surface area contributed by atoms with Crippen LogP contribution in [0.25, 0.3) is 0 Å². The number of hydrogen-bond acceptors (Lipinski definition) is 4. The van der Waals surface area contributed by atoms with E-state index in [9.17, 15) is 4.79 Å². The lowest BCUT2D eigenvalue weighted by molar-refractivity contribution is -0.139. The first-order valence-corrected chi connectivity index (χ1v) is 6.21. The quantitative estimate of drug-likeness (QED) is 0.613. The molecular formula is C12H27N3O2. The van der Waals surface area contributed by atoms with E-state index in [1.165, 1.54) is 0 Å². The van der Waals surface area contributed by atoms with E-state index in [0.717, 1.165) is 19.6 Å². The van der Waals surface area contributed by atoms with Gasteiger partial charge in [0.05, 0.1) is 0 Å². The topological polar surface area (TPSA) is 55.8 Å². The molecule has 0 aromatic heterocycles. The van der Waals surface area contributed by atoms with Gasteiger partial charge in [-0.15, -0.1) is 0 Å². The van der Waals surface area contributed by atoms with Crippen LogP contribution in [0.2, 0.25) is 0 Å². The molecule has 2 unspecified atom stereocenters. The second-order valence-electron chi connectivity index (χ2n) is 4.71. The standard InChI is InChI=1S/C12H27N3O2/c1-6-15(10(2)9-14(4)5)8-7-11(13-3)12(16)17/h10-11,13H,6-9H2,1-5H3,(H,16,17). The first-order chi connectivity index (χ1) is 7.92. The zero-order valence-electron chi connectivity index (χ0n) is 11.7. The molecule has 0 rings (SSSR count). The summed E-state index contributed by atoms with van der Waals surface area (Å²) < 4.78 is 0. The van der Waals surface area contributed by atoms with Crippen LogP contribution < -0.4 is 5.32 Å². The lowest BCUT2D eigenvalue weighted by Gasteiger charge is -2.30. The van der Waals surface area contributed by atoms with Gasteiger partial charge in [-0.3, -0.25) is 9.69 Å². The van der Waals surface area contributed by atoms with Gasteiger partial charge in [0.2, 0.25) is 0 Å². The Morgan fingerprint density at radius 2 is 2.00 bits per heavy atom. The van der Waals surface area contributed by atoms with E-state index in [0.29, 0.717) is 12.5 Å². The summed E-state index contributed by atoms with van der Waals surface area (Å²) in [6.45, 7) is 7.04. The van der Waals surface area contributed by atoms with Gasteiger partial charge in [-0.25, -0.2) is 0 Å². The lowest BCUT2D eigenvalue weighted by atomic mass is 10.1. The number of hydrogen-bond donors (Lipinski definition) is 2. The Bertz CT molecular complexity index is 222. The molecule has 0 bridgehead atoms. The third-order valence-electron chi connectivity index (χ3n) is 3.01. The fourth-order valence-corrected chi connectivity index (χ4v) is 2.02. The number of likely N-dealkylation sites (N-methyl/N-ethyl adjacent to an activating group) is 3. The van der Waals surface area contributed by atoms with Crippen molar-refractivity contribution in [3.05, 3.63) is 0 Å². The van der Waals surface area contributed by atoms with Gasteiger partial charge in [-0.05, 0) is 41.0 Å². The molecule has 0 spiro atoms. The van der Waals surface area contributed by atoms with Gasteiger partial charge in [-0.1, -0.05) is 6.92 Å². The predicted molar refractivity (Wildman–Crippen MR) is 70.4 cm³/mol. The van der Waals surface area contributed by atoms with Crippen LogP contribution in [0.5, 0.6) is 0 Å². The predicted octanol–water partition coefficient (Wildman–Crippen LogP) is 0.321. The van der Waals surface area contributed by atoms with Crippen LogP contribution >= 0.6 is 0 Å². The Kier molecular flexibility index (Phi) is 8.12. The van der Waals surface area contributed by atoms with E-state index < -0.39 is 12.0 Å². The summed E-state index contributed by atoms with van der Waals surface area (Å²) in [5, 5.41) is 11.8. The molecule has 0 aliphatic heterocycles. The van der Waals surface area contributed by atoms with Crippen LogP contribution in [-0.2, 0) is 4.79 Å². The van der Waals surface area contributed by atoms with Crippen LogP contribution in [0.1, 0.15) is 20.3 Å². The molecule has 0 aromatic carbocycles. The van der Waals surface area contributed by atoms with E-state index in [4.69, 9.17) is 5.11 Å². The third-order valence-corrected chi connectivity index (χ3v) is 3.01. The highest BCUT2D eigenvalue weighted by molar-refractivity contribution is 5.73. The molecule has 0 aliphatic rings. The monoisotopic (exact) mass is 245 g/mol. The molecule has 0 radical (unpaired) electrons. The van der Waals surface area contributed by atoms with E-state index in [1.54, 1.807) is 7.05 Å². The molecule has 2 N–H and O–H groups in total. The first-order valence-electron chi connectivity index (χ1n) is 6.21. The Balaban J connectivity index is 4.16. The van der Waals surface area contributed by atoms with Crippen LogP contribution in [0.4, 0.5) is 0 Å². The molecule has 5 nitrogen and oxygen atoms in total. The molecule has 5 heteroatoms. The molecule has 0 saturated carbocycles. The number of aliphatic carboxylic acids is 1. The summed E-state index contributed by atoms with van der Waals surface area (Å²) >= 11 is 0. The Morgan fingerprint density at radius 1 is 1.41 bits per heavy atom. The lowest BCUT2D eigenvalue weighted by Crippen LogP contribution is -2.43. The highest BCUT2D eigenvalue weighted by Crippen LogP contribution is 2.03. The molecule has 0 heterocycles. The smallest absolute Gasteiger partial charge is 0.320 e. The number of carboxylic acids is 1. The minimum Gasteiger partial charge on any atom is -0.480 e. The molecule has 17 heavy (non-hydrogen) atoms. The molecule has 0 fully saturated rings. The summed E-state index contributed by atoms with van der Waals surface area (Å²) in [5.74, 6) is -0.774. The fourth-order valence-electron chi connectivity index (χ4n) is 2.02. The third kappa shape index (κ3) is 6.61. The zero-order valence-corrected chi connectivity index (χ0v) is 11.7. The minimum absolute atomic E-state index is 0.446. The van der Waals surface area contributed by atoms with Crippen molar-refractivity contribution in [2.24, 2.45) is 0 Å². The van der Waals surface area contributed by atoms with Gasteiger partial charge in [0.25, 0.3) is 0 Å². The summed E-state index contributed by atoms with van der Waals surface area (Å²) in [6.07, 6.45) is 0.636. The van der Waals surface area contributed by atoms with Crippen molar-refractivity contribution in [3.63, 3.8) is 0 Å². The van der Waals surface area contributed by atoms with Gasteiger partial charge >= 0.3 is 5.97 Å². The molecule has 0 amide bonds. The van der Waals surface area contributed by atoms with Crippen molar-refractivity contribution >= 4 is 5.97 Å². The maximum absolute atomic E-state index is 10.9. The highest BCUT2D eigenvalue weighted by atomic mass is 16.4. The summed E-state index contributed by atoms with van der Waals surface area (Å²) in [7, 11) is 5.80. The van der Waals surface area contributed by atoms with Gasteiger partial charge in [0, 0.05) is 19.1 Å². The number of rotatable bonds is 9. The highest BCUT2D eigenvalue weighted by Gasteiger charge is 2.18. The average molecular weight is 245 g/mol. The summed E-state index contributed by atoms with van der Waals surface area (Å²) in [4.78, 5) is 15.4. The average Bonchev–Trinajstić information content (AvgIpc) is 2.22. The van der Waals surface area contributed by atoms with E-state index in [-0.39, 0.29) is 0 Å². The Morgan fingerprint density at radius 3 is 2.35 bits per heavy atom. The van der Waals surface area contributed by atoms with Crippen LogP contribution in [0, 0.1) is 0 Å². The van der Waals surface area contributed by atoms with Crippen molar-refractivity contribution < 1.29 is 9.90 Å². The van der Waals surface area contributed by atoms with Crippen molar-refractivity contribution in [2.75, 3.05) is 40.8 Å². The second-order valence-corrected chi connectivity index (χ2v) is 4.71. The van der Waals surface area contributed by atoms with Crippen LogP contribution in [0.3, 0.4) is 0 Å². The Labute approximate surface area is 105 Å². The van der Waals surface area contributed by atoms with Crippen LogP contribution in [-0.4, -0.2) is 73.7 Å². The largest absolute Gasteiger partial charge is 0.480 e. The number of nitrogens with zero attached hydrogens (tertiary/aromatic N) is 2. The first kappa shape index (κ1) is 16.4.